The molecule has 0 aliphatic rings. The first-order valence-corrected chi connectivity index (χ1v) is 10.9. The van der Waals surface area contributed by atoms with Crippen LogP contribution in [0.1, 0.15) is 51.4 Å². The van der Waals surface area contributed by atoms with Crippen LogP contribution in [0.4, 0.5) is 0 Å². The maximum absolute atomic E-state index is 6.15. The Morgan fingerprint density at radius 2 is 1.75 bits per heavy atom. The van der Waals surface area contributed by atoms with Gasteiger partial charge in [0, 0.05) is 17.5 Å². The summed E-state index contributed by atoms with van der Waals surface area (Å²) in [6, 6.07) is 16.7. The Bertz CT molecular complexity index is 1140. The summed E-state index contributed by atoms with van der Waals surface area (Å²) in [5.41, 5.74) is 10.5. The Morgan fingerprint density at radius 3 is 2.38 bits per heavy atom. The molecule has 166 valence electrons. The van der Waals surface area contributed by atoms with E-state index in [0.29, 0.717) is 12.4 Å². The molecule has 0 radical (unpaired) electrons. The molecule has 4 rings (SSSR count). The average Bonchev–Trinajstić information content (AvgIpc) is 3.44. The first-order valence-electron chi connectivity index (χ1n) is 10.9. The first-order chi connectivity index (χ1) is 15.3. The van der Waals surface area contributed by atoms with E-state index in [4.69, 9.17) is 5.73 Å². The van der Waals surface area contributed by atoms with Gasteiger partial charge in [-0.3, -0.25) is 0 Å². The number of tetrazole rings is 1. The summed E-state index contributed by atoms with van der Waals surface area (Å²) in [6.07, 6.45) is 2.51. The first kappa shape index (κ1) is 21.8. The van der Waals surface area contributed by atoms with Crippen molar-refractivity contribution in [2.24, 2.45) is 11.1 Å². The summed E-state index contributed by atoms with van der Waals surface area (Å²) in [6.45, 7) is 9.40. The zero-order valence-corrected chi connectivity index (χ0v) is 19.0. The van der Waals surface area contributed by atoms with E-state index in [2.05, 4.69) is 81.8 Å². The van der Waals surface area contributed by atoms with E-state index in [1.807, 2.05) is 29.8 Å². The van der Waals surface area contributed by atoms with Crippen LogP contribution < -0.4 is 5.73 Å². The molecular weight excluding hydrogens is 400 g/mol. The maximum Gasteiger partial charge on any atom is 0.180 e. The fourth-order valence-corrected chi connectivity index (χ4v) is 4.06. The van der Waals surface area contributed by atoms with Crippen LogP contribution in [0.3, 0.4) is 0 Å². The van der Waals surface area contributed by atoms with Gasteiger partial charge in [0.05, 0.1) is 6.54 Å². The quantitative estimate of drug-likeness (QED) is 0.458. The Kier molecular flexibility index (Phi) is 6.14. The topological polar surface area (TPSA) is 111 Å². The summed E-state index contributed by atoms with van der Waals surface area (Å²) in [5.74, 6) is 1.87. The Hall–Kier alpha value is -3.39. The van der Waals surface area contributed by atoms with Gasteiger partial charge < -0.3 is 5.73 Å². The number of nitrogens with zero attached hydrogens (tertiary/aromatic N) is 6. The second kappa shape index (κ2) is 9.00. The van der Waals surface area contributed by atoms with Gasteiger partial charge in [-0.1, -0.05) is 69.3 Å². The molecule has 2 atom stereocenters. The summed E-state index contributed by atoms with van der Waals surface area (Å²) in [5, 5.41) is 18.8. The van der Waals surface area contributed by atoms with Gasteiger partial charge in [-0.15, -0.1) is 5.10 Å². The van der Waals surface area contributed by atoms with Crippen LogP contribution in [0.25, 0.3) is 22.5 Å². The second-order valence-electron chi connectivity index (χ2n) is 9.40. The third kappa shape index (κ3) is 4.75. The zero-order chi connectivity index (χ0) is 22.7. The molecule has 3 N–H and O–H groups in total. The molecule has 8 heteroatoms. The molecule has 0 saturated heterocycles. The highest BCUT2D eigenvalue weighted by molar-refractivity contribution is 5.80. The van der Waals surface area contributed by atoms with Crippen LogP contribution in [-0.4, -0.2) is 41.4 Å². The van der Waals surface area contributed by atoms with Crippen molar-refractivity contribution in [3.8, 4) is 22.5 Å². The lowest BCUT2D eigenvalue weighted by Gasteiger charge is -2.31. The molecule has 8 nitrogen and oxygen atoms in total. The predicted molar refractivity (Wildman–Crippen MR) is 125 cm³/mol. The van der Waals surface area contributed by atoms with E-state index >= 15 is 0 Å². The van der Waals surface area contributed by atoms with Gasteiger partial charge >= 0.3 is 0 Å². The highest BCUT2D eigenvalue weighted by Gasteiger charge is 2.31. The van der Waals surface area contributed by atoms with Crippen LogP contribution in [0.5, 0.6) is 0 Å². The van der Waals surface area contributed by atoms with Crippen molar-refractivity contribution >= 4 is 0 Å². The smallest absolute Gasteiger partial charge is 0.180 e. The third-order valence-electron chi connectivity index (χ3n) is 5.73. The molecule has 2 aromatic carbocycles. The minimum atomic E-state index is 0.0432. The van der Waals surface area contributed by atoms with Gasteiger partial charge in [-0.25, -0.2) is 14.8 Å². The van der Waals surface area contributed by atoms with Gasteiger partial charge in [0.25, 0.3) is 0 Å². The lowest BCUT2D eigenvalue weighted by molar-refractivity contribution is 0.274. The van der Waals surface area contributed by atoms with Crippen molar-refractivity contribution in [2.45, 2.75) is 52.6 Å². The van der Waals surface area contributed by atoms with Gasteiger partial charge in [-0.2, -0.15) is 5.10 Å². The van der Waals surface area contributed by atoms with Crippen LogP contribution in [-0.2, 0) is 6.54 Å². The van der Waals surface area contributed by atoms with E-state index in [9.17, 15) is 0 Å². The summed E-state index contributed by atoms with van der Waals surface area (Å²) in [4.78, 5) is 4.61. The lowest BCUT2D eigenvalue weighted by atomic mass is 9.77. The van der Waals surface area contributed by atoms with E-state index in [-0.39, 0.29) is 17.4 Å². The van der Waals surface area contributed by atoms with E-state index < -0.39 is 0 Å². The summed E-state index contributed by atoms with van der Waals surface area (Å²) in [7, 11) is 0. The second-order valence-corrected chi connectivity index (χ2v) is 9.40. The molecule has 2 aromatic heterocycles. The van der Waals surface area contributed by atoms with Gasteiger partial charge in [-0.05, 0) is 45.9 Å². The SMILES string of the molecule is CC(N)CC(c1ncnn1Cc1ccc(-c2ccccc2-c2nnn[nH]2)cc1)C(C)(C)C. The molecule has 4 aromatic rings. The van der Waals surface area contributed by atoms with E-state index in [1.165, 1.54) is 0 Å². The van der Waals surface area contributed by atoms with Gasteiger partial charge in [0.15, 0.2) is 5.82 Å². The average molecular weight is 431 g/mol. The molecule has 2 heterocycles. The summed E-state index contributed by atoms with van der Waals surface area (Å²) >= 11 is 0. The fraction of sp³-hybridized carbons (Fsp3) is 0.375. The number of nitrogens with one attached hydrogen (secondary N) is 1. The number of hydrogen-bond acceptors (Lipinski definition) is 6. The number of H-pyrrole nitrogens is 1. The number of aromatic amines is 1. The molecule has 0 amide bonds. The minimum Gasteiger partial charge on any atom is -0.328 e. The largest absolute Gasteiger partial charge is 0.328 e. The number of aromatic nitrogens is 7. The number of hydrogen-bond donors (Lipinski definition) is 2. The van der Waals surface area contributed by atoms with Crippen molar-refractivity contribution in [2.75, 3.05) is 0 Å². The number of rotatable bonds is 7. The van der Waals surface area contributed by atoms with Crippen molar-refractivity contribution in [1.82, 2.24) is 35.4 Å². The Labute approximate surface area is 188 Å². The lowest BCUT2D eigenvalue weighted by Crippen LogP contribution is -2.29. The summed E-state index contributed by atoms with van der Waals surface area (Å²) < 4.78 is 2.00. The molecule has 0 aliphatic carbocycles. The fourth-order valence-electron chi connectivity index (χ4n) is 4.06. The van der Waals surface area contributed by atoms with Crippen LogP contribution >= 0.6 is 0 Å². The molecule has 32 heavy (non-hydrogen) atoms. The molecule has 0 aliphatic heterocycles. The maximum atomic E-state index is 6.15. The third-order valence-corrected chi connectivity index (χ3v) is 5.73. The van der Waals surface area contributed by atoms with Crippen molar-refractivity contribution in [1.29, 1.82) is 0 Å². The van der Waals surface area contributed by atoms with Crippen LogP contribution in [0.2, 0.25) is 0 Å². The molecule has 0 fully saturated rings. The van der Waals surface area contributed by atoms with E-state index in [0.717, 1.165) is 34.5 Å². The Balaban J connectivity index is 1.59. The van der Waals surface area contributed by atoms with Crippen molar-refractivity contribution in [3.63, 3.8) is 0 Å². The number of benzene rings is 2. The zero-order valence-electron chi connectivity index (χ0n) is 19.0. The minimum absolute atomic E-state index is 0.0432. The van der Waals surface area contributed by atoms with Crippen molar-refractivity contribution < 1.29 is 0 Å². The van der Waals surface area contributed by atoms with Crippen LogP contribution in [0, 0.1) is 5.41 Å². The monoisotopic (exact) mass is 430 g/mol. The molecular formula is C24H30N8. The van der Waals surface area contributed by atoms with Gasteiger partial charge in [0.1, 0.15) is 12.2 Å². The molecule has 2 unspecified atom stereocenters. The highest BCUT2D eigenvalue weighted by Crippen LogP contribution is 2.37. The van der Waals surface area contributed by atoms with E-state index in [1.54, 1.807) is 6.33 Å². The number of nitrogens with two attached hydrogens (primary N) is 1. The molecule has 0 spiro atoms. The Morgan fingerprint density at radius 1 is 1.03 bits per heavy atom. The van der Waals surface area contributed by atoms with Crippen LogP contribution in [0.15, 0.2) is 54.9 Å². The molecule has 0 saturated carbocycles. The van der Waals surface area contributed by atoms with Crippen molar-refractivity contribution in [3.05, 3.63) is 66.2 Å². The standard InChI is InChI=1S/C24H30N8/c1-16(25)13-21(24(2,3)4)23-26-15-27-32(23)14-17-9-11-18(12-10-17)19-7-5-6-8-20(19)22-28-30-31-29-22/h5-12,15-16,21H,13-14,25H2,1-4H3,(H,28,29,30,31). The highest BCUT2D eigenvalue weighted by atomic mass is 15.5. The normalized spacial score (nSPS) is 13.8. The van der Waals surface area contributed by atoms with Gasteiger partial charge in [0.2, 0.25) is 0 Å². The predicted octanol–water partition coefficient (Wildman–Crippen LogP) is 4.04. The molecule has 0 bridgehead atoms.